The van der Waals surface area contributed by atoms with Crippen molar-refractivity contribution in [3.63, 3.8) is 0 Å². The normalized spacial score (nSPS) is 12.0. The Morgan fingerprint density at radius 3 is 2.26 bits per heavy atom. The minimum Gasteiger partial charge on any atom is -0.478 e. The molecule has 1 atom stereocenters. The molecule has 0 spiro atoms. The number of anilines is 1. The average molecular weight is 304 g/mol. The summed E-state index contributed by atoms with van der Waals surface area (Å²) >= 11 is 11.9. The summed E-state index contributed by atoms with van der Waals surface area (Å²) in [6, 6.07) is 2.52. The standard InChI is InChI=1S/C13H15Cl2NO3/c1-3-7(2)4-11(17)16-12-9(14)5-8(13(18)19)6-10(12)15/h5-7H,3-4H2,1-2H3,(H,16,17)(H,18,19). The fourth-order valence-corrected chi connectivity index (χ4v) is 2.05. The van der Waals surface area contributed by atoms with Gasteiger partial charge < -0.3 is 10.4 Å². The number of carboxylic acid groups (broad SMARTS) is 1. The second-order valence-corrected chi connectivity index (χ2v) is 5.20. The summed E-state index contributed by atoms with van der Waals surface area (Å²) in [5.74, 6) is -1.06. The largest absolute Gasteiger partial charge is 0.478 e. The molecule has 1 rings (SSSR count). The van der Waals surface area contributed by atoms with Crippen molar-refractivity contribution in [2.45, 2.75) is 26.7 Å². The number of benzene rings is 1. The van der Waals surface area contributed by atoms with Crippen LogP contribution in [-0.2, 0) is 4.79 Å². The van der Waals surface area contributed by atoms with Crippen LogP contribution in [0.1, 0.15) is 37.0 Å². The van der Waals surface area contributed by atoms with Crippen LogP contribution in [0, 0.1) is 5.92 Å². The smallest absolute Gasteiger partial charge is 0.335 e. The highest BCUT2D eigenvalue weighted by molar-refractivity contribution is 6.40. The lowest BCUT2D eigenvalue weighted by Crippen LogP contribution is -2.15. The third-order valence-corrected chi connectivity index (χ3v) is 3.38. The van der Waals surface area contributed by atoms with Gasteiger partial charge in [0.05, 0.1) is 21.3 Å². The molecule has 6 heteroatoms. The molecule has 0 aliphatic heterocycles. The minimum absolute atomic E-state index is 0.0186. The molecule has 1 unspecified atom stereocenters. The maximum atomic E-state index is 11.8. The van der Waals surface area contributed by atoms with Gasteiger partial charge in [0.1, 0.15) is 0 Å². The number of hydrogen-bond donors (Lipinski definition) is 2. The number of halogens is 2. The summed E-state index contributed by atoms with van der Waals surface area (Å²) in [5, 5.41) is 11.7. The molecule has 2 N–H and O–H groups in total. The van der Waals surface area contributed by atoms with Crippen LogP contribution >= 0.6 is 23.2 Å². The number of carbonyl (C=O) groups excluding carboxylic acids is 1. The van der Waals surface area contributed by atoms with E-state index in [0.29, 0.717) is 6.42 Å². The Morgan fingerprint density at radius 2 is 1.84 bits per heavy atom. The van der Waals surface area contributed by atoms with Crippen LogP contribution in [0.4, 0.5) is 5.69 Å². The maximum absolute atomic E-state index is 11.8. The van der Waals surface area contributed by atoms with Crippen LogP contribution in [-0.4, -0.2) is 17.0 Å². The van der Waals surface area contributed by atoms with E-state index >= 15 is 0 Å². The van der Waals surface area contributed by atoms with Gasteiger partial charge in [0.15, 0.2) is 0 Å². The van der Waals surface area contributed by atoms with E-state index in [2.05, 4.69) is 5.32 Å². The highest BCUT2D eigenvalue weighted by atomic mass is 35.5. The summed E-state index contributed by atoms with van der Waals surface area (Å²) in [6.45, 7) is 3.97. The third-order valence-electron chi connectivity index (χ3n) is 2.78. The quantitative estimate of drug-likeness (QED) is 0.862. The Bertz CT molecular complexity index is 480. The van der Waals surface area contributed by atoms with Crippen molar-refractivity contribution in [3.05, 3.63) is 27.7 Å². The van der Waals surface area contributed by atoms with Crippen molar-refractivity contribution >= 4 is 40.8 Å². The van der Waals surface area contributed by atoms with E-state index in [1.54, 1.807) is 0 Å². The Balaban J connectivity index is 2.90. The van der Waals surface area contributed by atoms with Gasteiger partial charge in [-0.2, -0.15) is 0 Å². The van der Waals surface area contributed by atoms with E-state index in [4.69, 9.17) is 28.3 Å². The maximum Gasteiger partial charge on any atom is 0.335 e. The summed E-state index contributed by atoms with van der Waals surface area (Å²) < 4.78 is 0. The number of nitrogens with one attached hydrogen (secondary N) is 1. The van der Waals surface area contributed by atoms with Crippen LogP contribution in [0.15, 0.2) is 12.1 Å². The predicted octanol–water partition coefficient (Wildman–Crippen LogP) is 4.07. The topological polar surface area (TPSA) is 66.4 Å². The van der Waals surface area contributed by atoms with Gasteiger partial charge in [0, 0.05) is 6.42 Å². The molecule has 0 fully saturated rings. The van der Waals surface area contributed by atoms with Crippen LogP contribution in [0.3, 0.4) is 0 Å². The third kappa shape index (κ3) is 4.40. The van der Waals surface area contributed by atoms with Crippen molar-refractivity contribution < 1.29 is 14.7 Å². The zero-order valence-corrected chi connectivity index (χ0v) is 12.2. The molecule has 0 bridgehead atoms. The lowest BCUT2D eigenvalue weighted by atomic mass is 10.0. The van der Waals surface area contributed by atoms with Crippen LogP contribution in [0.5, 0.6) is 0 Å². The molecule has 0 saturated carbocycles. The Hall–Kier alpha value is -1.26. The van der Waals surface area contributed by atoms with Gasteiger partial charge >= 0.3 is 5.97 Å². The molecule has 1 aromatic carbocycles. The number of rotatable bonds is 5. The summed E-state index contributed by atoms with van der Waals surface area (Å²) in [6.07, 6.45) is 1.26. The molecule has 0 saturated heterocycles. The lowest BCUT2D eigenvalue weighted by molar-refractivity contribution is -0.117. The fourth-order valence-electron chi connectivity index (χ4n) is 1.47. The van der Waals surface area contributed by atoms with Gasteiger partial charge in [0.25, 0.3) is 0 Å². The highest BCUT2D eigenvalue weighted by Crippen LogP contribution is 2.32. The van der Waals surface area contributed by atoms with Crippen molar-refractivity contribution in [2.24, 2.45) is 5.92 Å². The molecule has 0 aliphatic rings. The van der Waals surface area contributed by atoms with Gasteiger partial charge in [-0.1, -0.05) is 43.5 Å². The first-order chi connectivity index (χ1) is 8.85. The number of carbonyl (C=O) groups is 2. The second-order valence-electron chi connectivity index (χ2n) is 4.39. The molecule has 19 heavy (non-hydrogen) atoms. The van der Waals surface area contributed by atoms with Gasteiger partial charge in [0.2, 0.25) is 5.91 Å². The van der Waals surface area contributed by atoms with E-state index in [9.17, 15) is 9.59 Å². The zero-order valence-electron chi connectivity index (χ0n) is 10.7. The molecule has 0 radical (unpaired) electrons. The SMILES string of the molecule is CCC(C)CC(=O)Nc1c(Cl)cc(C(=O)O)cc1Cl. The van der Waals surface area contributed by atoms with E-state index in [1.807, 2.05) is 13.8 Å². The van der Waals surface area contributed by atoms with Gasteiger partial charge in [-0.25, -0.2) is 4.79 Å². The number of hydrogen-bond acceptors (Lipinski definition) is 2. The van der Waals surface area contributed by atoms with Crippen LogP contribution in [0.2, 0.25) is 10.0 Å². The molecular weight excluding hydrogens is 289 g/mol. The van der Waals surface area contributed by atoms with E-state index in [0.717, 1.165) is 6.42 Å². The fraction of sp³-hybridized carbons (Fsp3) is 0.385. The molecular formula is C13H15Cl2NO3. The summed E-state index contributed by atoms with van der Waals surface area (Å²) in [7, 11) is 0. The summed E-state index contributed by atoms with van der Waals surface area (Å²) in [4.78, 5) is 22.6. The first-order valence-corrected chi connectivity index (χ1v) is 6.62. The molecule has 1 aromatic rings. The molecule has 104 valence electrons. The number of carboxylic acids is 1. The average Bonchev–Trinajstić information content (AvgIpc) is 2.33. The molecule has 0 aromatic heterocycles. The van der Waals surface area contributed by atoms with E-state index in [1.165, 1.54) is 12.1 Å². The minimum atomic E-state index is -1.12. The van der Waals surface area contributed by atoms with Crippen molar-refractivity contribution in [1.29, 1.82) is 0 Å². The van der Waals surface area contributed by atoms with Crippen LogP contribution in [0.25, 0.3) is 0 Å². The number of aromatic carboxylic acids is 1. The van der Waals surface area contributed by atoms with Gasteiger partial charge in [-0.05, 0) is 18.1 Å². The van der Waals surface area contributed by atoms with Gasteiger partial charge in [-0.15, -0.1) is 0 Å². The molecule has 1 amide bonds. The highest BCUT2D eigenvalue weighted by Gasteiger charge is 2.15. The molecule has 0 aliphatic carbocycles. The lowest BCUT2D eigenvalue weighted by Gasteiger charge is -2.12. The number of amides is 1. The Labute approximate surface area is 121 Å². The Kier molecular flexibility index (Phi) is 5.63. The zero-order chi connectivity index (χ0) is 14.6. The second kappa shape index (κ2) is 6.78. The van der Waals surface area contributed by atoms with Crippen LogP contribution < -0.4 is 5.32 Å². The summed E-state index contributed by atoms with van der Waals surface area (Å²) in [5.41, 5.74) is 0.233. The van der Waals surface area contributed by atoms with E-state index in [-0.39, 0.29) is 33.1 Å². The molecule has 0 heterocycles. The predicted molar refractivity (Wildman–Crippen MR) is 76.1 cm³/mol. The molecule has 4 nitrogen and oxygen atoms in total. The van der Waals surface area contributed by atoms with Crippen molar-refractivity contribution in [2.75, 3.05) is 5.32 Å². The van der Waals surface area contributed by atoms with Crippen molar-refractivity contribution in [3.8, 4) is 0 Å². The first-order valence-electron chi connectivity index (χ1n) is 5.87. The van der Waals surface area contributed by atoms with Crippen molar-refractivity contribution in [1.82, 2.24) is 0 Å². The van der Waals surface area contributed by atoms with Gasteiger partial charge in [-0.3, -0.25) is 4.79 Å². The first kappa shape index (κ1) is 15.8. The Morgan fingerprint density at radius 1 is 1.32 bits per heavy atom. The van der Waals surface area contributed by atoms with E-state index < -0.39 is 5.97 Å². The monoisotopic (exact) mass is 303 g/mol.